The number of nitrogens with zero attached hydrogens (tertiary/aromatic N) is 1. The number of nitrogens with two attached hydrogens (primary N) is 1. The maximum Gasteiger partial charge on any atom is 0.312 e. The molecule has 0 saturated carbocycles. The number of aldehydes is 1. The van der Waals surface area contributed by atoms with Crippen LogP contribution in [0.1, 0.15) is 22.3 Å². The lowest BCUT2D eigenvalue weighted by Gasteiger charge is -2.01. The van der Waals surface area contributed by atoms with E-state index in [1.807, 2.05) is 0 Å². The van der Waals surface area contributed by atoms with E-state index in [0.29, 0.717) is 11.8 Å². The van der Waals surface area contributed by atoms with Gasteiger partial charge < -0.3 is 10.8 Å². The third kappa shape index (κ3) is 3.14. The molecule has 18 heavy (non-hydrogen) atoms. The standard InChI is InChI=1S/C11H10N2O5/c12-10(15)3-1-2-7-4-8(6-14)11(16)9(5-7)13(17)18/h1-2,4-6,16H,3H2,(H2,12,15). The summed E-state index contributed by atoms with van der Waals surface area (Å²) in [6, 6.07) is 2.37. The number of phenolic OH excluding ortho intramolecular Hbond substituents is 1. The fourth-order valence-corrected chi connectivity index (χ4v) is 1.30. The minimum absolute atomic E-state index is 0.0227. The number of nitro groups is 1. The Morgan fingerprint density at radius 2 is 2.17 bits per heavy atom. The highest BCUT2D eigenvalue weighted by molar-refractivity contribution is 5.84. The van der Waals surface area contributed by atoms with Gasteiger partial charge in [0, 0.05) is 12.5 Å². The Kier molecular flexibility index (Phi) is 4.14. The van der Waals surface area contributed by atoms with Gasteiger partial charge in [-0.25, -0.2) is 0 Å². The number of carbonyl (C=O) groups excluding carboxylic acids is 2. The van der Waals surface area contributed by atoms with E-state index in [1.165, 1.54) is 18.2 Å². The molecule has 0 aliphatic heterocycles. The molecule has 0 aliphatic rings. The Morgan fingerprint density at radius 3 is 2.67 bits per heavy atom. The number of carbonyl (C=O) groups is 2. The van der Waals surface area contributed by atoms with E-state index >= 15 is 0 Å². The van der Waals surface area contributed by atoms with E-state index in [0.717, 1.165) is 6.07 Å². The maximum absolute atomic E-state index is 10.7. The van der Waals surface area contributed by atoms with Gasteiger partial charge in [0.25, 0.3) is 0 Å². The lowest BCUT2D eigenvalue weighted by Crippen LogP contribution is -2.07. The molecule has 1 amide bonds. The topological polar surface area (TPSA) is 124 Å². The van der Waals surface area contributed by atoms with E-state index in [1.54, 1.807) is 0 Å². The average molecular weight is 250 g/mol. The molecule has 3 N–H and O–H groups in total. The summed E-state index contributed by atoms with van der Waals surface area (Å²) in [4.78, 5) is 31.0. The Morgan fingerprint density at radius 1 is 1.50 bits per heavy atom. The normalized spacial score (nSPS) is 10.4. The first-order valence-electron chi connectivity index (χ1n) is 4.87. The Bertz CT molecular complexity index is 536. The molecular weight excluding hydrogens is 240 g/mol. The second kappa shape index (κ2) is 5.58. The van der Waals surface area contributed by atoms with Gasteiger partial charge >= 0.3 is 5.69 Å². The molecule has 0 aromatic heterocycles. The highest BCUT2D eigenvalue weighted by Crippen LogP contribution is 2.30. The largest absolute Gasteiger partial charge is 0.502 e. The molecular formula is C11H10N2O5. The molecule has 0 spiro atoms. The van der Waals surface area contributed by atoms with Crippen LogP contribution in [0.4, 0.5) is 5.69 Å². The Labute approximate surface area is 102 Å². The second-order valence-electron chi connectivity index (χ2n) is 3.43. The van der Waals surface area contributed by atoms with Gasteiger partial charge in [-0.1, -0.05) is 12.2 Å². The molecule has 0 radical (unpaired) electrons. The molecule has 0 unspecified atom stereocenters. The highest BCUT2D eigenvalue weighted by atomic mass is 16.6. The first-order chi connectivity index (χ1) is 8.45. The minimum atomic E-state index is -0.798. The fourth-order valence-electron chi connectivity index (χ4n) is 1.30. The van der Waals surface area contributed by atoms with Gasteiger partial charge in [0.15, 0.2) is 6.29 Å². The third-order valence-electron chi connectivity index (χ3n) is 2.09. The van der Waals surface area contributed by atoms with Crippen molar-refractivity contribution in [2.45, 2.75) is 6.42 Å². The number of phenols is 1. The van der Waals surface area contributed by atoms with E-state index in [-0.39, 0.29) is 12.0 Å². The molecule has 94 valence electrons. The molecule has 0 atom stereocenters. The molecule has 0 aliphatic carbocycles. The van der Waals surface area contributed by atoms with Crippen molar-refractivity contribution in [2.75, 3.05) is 0 Å². The number of hydrogen-bond donors (Lipinski definition) is 2. The molecule has 1 rings (SSSR count). The van der Waals surface area contributed by atoms with Crippen LogP contribution >= 0.6 is 0 Å². The van der Waals surface area contributed by atoms with Crippen LogP contribution in [0.15, 0.2) is 18.2 Å². The predicted octanol–water partition coefficient (Wildman–Crippen LogP) is 1.00. The fraction of sp³-hybridized carbons (Fsp3) is 0.0909. The SMILES string of the molecule is NC(=O)CC=Cc1cc(C=O)c(O)c([N+](=O)[O-])c1. The Balaban J connectivity index is 3.17. The van der Waals surface area contributed by atoms with Gasteiger partial charge in [0.2, 0.25) is 11.7 Å². The summed E-state index contributed by atoms with van der Waals surface area (Å²) >= 11 is 0. The van der Waals surface area contributed by atoms with Gasteiger partial charge in [0.05, 0.1) is 10.5 Å². The van der Waals surface area contributed by atoms with Crippen molar-refractivity contribution in [3.63, 3.8) is 0 Å². The first-order valence-corrected chi connectivity index (χ1v) is 4.87. The summed E-state index contributed by atoms with van der Waals surface area (Å²) in [5.41, 5.74) is 4.48. The summed E-state index contributed by atoms with van der Waals surface area (Å²) in [5, 5.41) is 20.1. The average Bonchev–Trinajstić information content (AvgIpc) is 2.30. The number of aromatic hydroxyl groups is 1. The van der Waals surface area contributed by atoms with Crippen LogP contribution in [0.2, 0.25) is 0 Å². The van der Waals surface area contributed by atoms with Crippen molar-refractivity contribution in [3.8, 4) is 5.75 Å². The predicted molar refractivity (Wildman–Crippen MR) is 63.0 cm³/mol. The number of primary amides is 1. The van der Waals surface area contributed by atoms with Gasteiger partial charge in [-0.3, -0.25) is 19.7 Å². The van der Waals surface area contributed by atoms with E-state index < -0.39 is 22.3 Å². The van der Waals surface area contributed by atoms with Gasteiger partial charge in [-0.15, -0.1) is 0 Å². The summed E-state index contributed by atoms with van der Waals surface area (Å²) < 4.78 is 0. The smallest absolute Gasteiger partial charge is 0.312 e. The van der Waals surface area contributed by atoms with Gasteiger partial charge in [0.1, 0.15) is 0 Å². The maximum atomic E-state index is 10.7. The summed E-state index contributed by atoms with van der Waals surface area (Å²) in [6.07, 6.45) is 3.11. The van der Waals surface area contributed by atoms with Crippen molar-refractivity contribution in [2.24, 2.45) is 5.73 Å². The Hall–Kier alpha value is -2.70. The lowest BCUT2D eigenvalue weighted by molar-refractivity contribution is -0.385. The monoisotopic (exact) mass is 250 g/mol. The lowest BCUT2D eigenvalue weighted by atomic mass is 10.1. The van der Waals surface area contributed by atoms with Crippen LogP contribution in [-0.2, 0) is 4.79 Å². The van der Waals surface area contributed by atoms with Gasteiger partial charge in [-0.05, 0) is 11.6 Å². The van der Waals surface area contributed by atoms with Crippen LogP contribution in [0.25, 0.3) is 6.08 Å². The molecule has 0 bridgehead atoms. The summed E-state index contributed by atoms with van der Waals surface area (Å²) in [7, 11) is 0. The van der Waals surface area contributed by atoms with Crippen LogP contribution < -0.4 is 5.73 Å². The first kappa shape index (κ1) is 13.4. The van der Waals surface area contributed by atoms with E-state index in [9.17, 15) is 24.8 Å². The van der Waals surface area contributed by atoms with Crippen molar-refractivity contribution in [1.29, 1.82) is 0 Å². The van der Waals surface area contributed by atoms with E-state index in [4.69, 9.17) is 5.73 Å². The molecule has 1 aromatic carbocycles. The van der Waals surface area contributed by atoms with Crippen molar-refractivity contribution in [1.82, 2.24) is 0 Å². The number of rotatable bonds is 5. The van der Waals surface area contributed by atoms with Crippen LogP contribution in [0.5, 0.6) is 5.75 Å². The zero-order valence-corrected chi connectivity index (χ0v) is 9.20. The summed E-state index contributed by atoms with van der Waals surface area (Å²) in [5.74, 6) is -1.22. The number of benzene rings is 1. The van der Waals surface area contributed by atoms with Gasteiger partial charge in [-0.2, -0.15) is 0 Å². The molecule has 1 aromatic rings. The number of amides is 1. The van der Waals surface area contributed by atoms with E-state index in [2.05, 4.69) is 0 Å². The van der Waals surface area contributed by atoms with Crippen molar-refractivity contribution < 1.29 is 19.6 Å². The summed E-state index contributed by atoms with van der Waals surface area (Å²) in [6.45, 7) is 0. The molecule has 0 fully saturated rings. The van der Waals surface area contributed by atoms with Crippen molar-refractivity contribution >= 4 is 24.0 Å². The zero-order chi connectivity index (χ0) is 13.7. The molecule has 7 heteroatoms. The van der Waals surface area contributed by atoms with Crippen LogP contribution in [-0.4, -0.2) is 22.2 Å². The number of hydrogen-bond acceptors (Lipinski definition) is 5. The zero-order valence-electron chi connectivity index (χ0n) is 9.20. The highest BCUT2D eigenvalue weighted by Gasteiger charge is 2.17. The third-order valence-corrected chi connectivity index (χ3v) is 2.09. The second-order valence-corrected chi connectivity index (χ2v) is 3.43. The quantitative estimate of drug-likeness (QED) is 0.458. The van der Waals surface area contributed by atoms with Crippen molar-refractivity contribution in [3.05, 3.63) is 39.4 Å². The van der Waals surface area contributed by atoms with Crippen LogP contribution in [0, 0.1) is 10.1 Å². The number of nitro benzene ring substituents is 1. The molecule has 7 nitrogen and oxygen atoms in total. The van der Waals surface area contributed by atoms with Crippen LogP contribution in [0.3, 0.4) is 0 Å². The molecule has 0 heterocycles. The minimum Gasteiger partial charge on any atom is -0.502 e. The molecule has 0 saturated heterocycles.